The molecule has 3 fully saturated rings. The van der Waals surface area contributed by atoms with E-state index in [-0.39, 0.29) is 29.9 Å². The number of aryl methyl sites for hydroxylation is 1. The highest BCUT2D eigenvalue weighted by Gasteiger charge is 2.45. The number of carbonyl (C=O) groups excluding carboxylic acids is 2. The van der Waals surface area contributed by atoms with E-state index in [1.165, 1.54) is 0 Å². The van der Waals surface area contributed by atoms with Gasteiger partial charge in [0.2, 0.25) is 11.8 Å². The van der Waals surface area contributed by atoms with Gasteiger partial charge >= 0.3 is 0 Å². The number of nitrogens with zero attached hydrogens (tertiary/aromatic N) is 3. The molecule has 3 aliphatic rings. The first-order valence-corrected chi connectivity index (χ1v) is 9.79. The van der Waals surface area contributed by atoms with Crippen LogP contribution in [0.5, 0.6) is 0 Å². The summed E-state index contributed by atoms with van der Waals surface area (Å²) in [4.78, 5) is 34.7. The number of aromatic nitrogens is 2. The van der Waals surface area contributed by atoms with Crippen LogP contribution in [-0.2, 0) is 14.3 Å². The van der Waals surface area contributed by atoms with Crippen LogP contribution in [0.15, 0.2) is 12.3 Å². The number of anilines is 1. The first-order valence-electron chi connectivity index (χ1n) is 9.79. The molecule has 0 radical (unpaired) electrons. The van der Waals surface area contributed by atoms with E-state index < -0.39 is 0 Å². The van der Waals surface area contributed by atoms with Crippen molar-refractivity contribution in [2.24, 2.45) is 5.92 Å². The maximum atomic E-state index is 12.9. The standard InChI is InChI=1S/C19H27N5O3/c1-13-20-8-6-16(22-13)23-15-4-2-14(3-5-15)18(26)24-9-7-19(12-24)11-21-17(25)10-27-19/h6,8,14-15H,2-5,7,9-12H2,1H3,(H,21,25)(H,20,22,23). The molecule has 1 saturated carbocycles. The molecular formula is C19H27N5O3. The number of amides is 2. The van der Waals surface area contributed by atoms with Gasteiger partial charge in [0.05, 0.1) is 6.54 Å². The van der Waals surface area contributed by atoms with Crippen molar-refractivity contribution in [1.29, 1.82) is 0 Å². The average molecular weight is 373 g/mol. The number of hydrogen-bond donors (Lipinski definition) is 2. The highest BCUT2D eigenvalue weighted by Crippen LogP contribution is 2.32. The minimum Gasteiger partial charge on any atom is -0.367 e. The molecule has 8 nitrogen and oxygen atoms in total. The van der Waals surface area contributed by atoms with E-state index in [1.54, 1.807) is 6.20 Å². The fourth-order valence-electron chi connectivity index (χ4n) is 4.36. The minimum atomic E-state index is -0.382. The van der Waals surface area contributed by atoms with Crippen LogP contribution in [0, 0.1) is 12.8 Å². The number of carbonyl (C=O) groups is 2. The molecule has 1 spiro atoms. The highest BCUT2D eigenvalue weighted by atomic mass is 16.5. The number of nitrogens with one attached hydrogen (secondary N) is 2. The van der Waals surface area contributed by atoms with Crippen LogP contribution < -0.4 is 10.6 Å². The number of likely N-dealkylation sites (tertiary alicyclic amines) is 1. The lowest BCUT2D eigenvalue weighted by Gasteiger charge is -2.35. The number of rotatable bonds is 3. The van der Waals surface area contributed by atoms with Crippen molar-refractivity contribution in [3.8, 4) is 0 Å². The summed E-state index contributed by atoms with van der Waals surface area (Å²) in [6, 6.07) is 2.24. The van der Waals surface area contributed by atoms with Crippen LogP contribution in [0.4, 0.5) is 5.82 Å². The minimum absolute atomic E-state index is 0.0740. The Morgan fingerprint density at radius 3 is 2.89 bits per heavy atom. The molecule has 1 aromatic heterocycles. The van der Waals surface area contributed by atoms with Crippen molar-refractivity contribution in [3.63, 3.8) is 0 Å². The predicted molar refractivity (Wildman–Crippen MR) is 99.0 cm³/mol. The van der Waals surface area contributed by atoms with Crippen molar-refractivity contribution >= 4 is 17.6 Å². The van der Waals surface area contributed by atoms with Crippen molar-refractivity contribution in [3.05, 3.63) is 18.1 Å². The summed E-state index contributed by atoms with van der Waals surface area (Å²) in [5, 5.41) is 6.33. The van der Waals surface area contributed by atoms with E-state index in [2.05, 4.69) is 20.6 Å². The quantitative estimate of drug-likeness (QED) is 0.816. The van der Waals surface area contributed by atoms with Crippen LogP contribution >= 0.6 is 0 Å². The summed E-state index contributed by atoms with van der Waals surface area (Å²) in [5.41, 5.74) is -0.382. The van der Waals surface area contributed by atoms with Gasteiger partial charge in [-0.05, 0) is 45.1 Å². The Kier molecular flexibility index (Phi) is 4.99. The molecule has 4 rings (SSSR count). The Balaban J connectivity index is 1.27. The smallest absolute Gasteiger partial charge is 0.246 e. The van der Waals surface area contributed by atoms with Crippen LogP contribution in [0.1, 0.15) is 37.9 Å². The zero-order valence-corrected chi connectivity index (χ0v) is 15.7. The van der Waals surface area contributed by atoms with Gasteiger partial charge in [0.25, 0.3) is 0 Å². The topological polar surface area (TPSA) is 96.5 Å². The van der Waals surface area contributed by atoms with Gasteiger partial charge in [-0.15, -0.1) is 0 Å². The van der Waals surface area contributed by atoms with Gasteiger partial charge in [0.15, 0.2) is 0 Å². The molecular weight excluding hydrogens is 346 g/mol. The molecule has 0 bridgehead atoms. The zero-order valence-electron chi connectivity index (χ0n) is 15.7. The first-order chi connectivity index (χ1) is 13.0. The Labute approximate surface area is 159 Å². The van der Waals surface area contributed by atoms with Gasteiger partial charge in [-0.25, -0.2) is 9.97 Å². The van der Waals surface area contributed by atoms with Crippen LogP contribution in [0.3, 0.4) is 0 Å². The Morgan fingerprint density at radius 1 is 1.37 bits per heavy atom. The lowest BCUT2D eigenvalue weighted by molar-refractivity contribution is -0.144. The number of morpholine rings is 1. The summed E-state index contributed by atoms with van der Waals surface area (Å²) < 4.78 is 5.77. The summed E-state index contributed by atoms with van der Waals surface area (Å²) in [7, 11) is 0. The monoisotopic (exact) mass is 373 g/mol. The molecule has 1 unspecified atom stereocenters. The van der Waals surface area contributed by atoms with Crippen molar-refractivity contribution < 1.29 is 14.3 Å². The van der Waals surface area contributed by atoms with E-state index in [9.17, 15) is 9.59 Å². The average Bonchev–Trinajstić information content (AvgIpc) is 3.08. The van der Waals surface area contributed by atoms with E-state index in [4.69, 9.17) is 4.74 Å². The van der Waals surface area contributed by atoms with Gasteiger partial charge in [0.1, 0.15) is 23.9 Å². The Morgan fingerprint density at radius 2 is 2.19 bits per heavy atom. The van der Waals surface area contributed by atoms with Gasteiger partial charge in [-0.2, -0.15) is 0 Å². The Bertz CT molecular complexity index is 707. The highest BCUT2D eigenvalue weighted by molar-refractivity contribution is 5.80. The lowest BCUT2D eigenvalue weighted by atomic mass is 9.85. The van der Waals surface area contributed by atoms with Crippen LogP contribution in [0.2, 0.25) is 0 Å². The summed E-state index contributed by atoms with van der Waals surface area (Å²) in [6.45, 7) is 3.79. The van der Waals surface area contributed by atoms with E-state index in [0.717, 1.165) is 43.7 Å². The molecule has 1 aromatic rings. The molecule has 3 heterocycles. The molecule has 27 heavy (non-hydrogen) atoms. The lowest BCUT2D eigenvalue weighted by Crippen LogP contribution is -2.54. The van der Waals surface area contributed by atoms with Crippen LogP contribution in [0.25, 0.3) is 0 Å². The molecule has 0 aromatic carbocycles. The second kappa shape index (κ2) is 7.42. The molecule has 2 saturated heterocycles. The normalized spacial score (nSPS) is 31.0. The van der Waals surface area contributed by atoms with Gasteiger partial charge in [0, 0.05) is 31.2 Å². The SMILES string of the molecule is Cc1nccc(NC2CCC(C(=O)N3CCC4(CNC(=O)CO4)C3)CC2)n1. The van der Waals surface area contributed by atoms with Crippen molar-refractivity contribution in [1.82, 2.24) is 20.2 Å². The van der Waals surface area contributed by atoms with Gasteiger partial charge in [-0.1, -0.05) is 0 Å². The van der Waals surface area contributed by atoms with Crippen molar-refractivity contribution in [2.75, 3.05) is 31.6 Å². The Hall–Kier alpha value is -2.22. The first kappa shape index (κ1) is 18.2. The van der Waals surface area contributed by atoms with Gasteiger partial charge in [-0.3, -0.25) is 9.59 Å². The number of ether oxygens (including phenoxy) is 1. The molecule has 2 N–H and O–H groups in total. The fourth-order valence-corrected chi connectivity index (χ4v) is 4.36. The summed E-state index contributed by atoms with van der Waals surface area (Å²) >= 11 is 0. The third kappa shape index (κ3) is 4.05. The molecule has 2 amide bonds. The molecule has 1 atom stereocenters. The third-order valence-corrected chi connectivity index (χ3v) is 5.95. The maximum absolute atomic E-state index is 12.9. The molecule has 146 valence electrons. The van der Waals surface area contributed by atoms with E-state index in [1.807, 2.05) is 17.9 Å². The summed E-state index contributed by atoms with van der Waals surface area (Å²) in [5.74, 6) is 1.87. The second-order valence-corrected chi connectivity index (χ2v) is 7.94. The predicted octanol–water partition coefficient (Wildman–Crippen LogP) is 0.873. The largest absolute Gasteiger partial charge is 0.367 e. The van der Waals surface area contributed by atoms with Crippen LogP contribution in [-0.4, -0.2) is 64.6 Å². The molecule has 8 heteroatoms. The van der Waals surface area contributed by atoms with E-state index in [0.29, 0.717) is 25.7 Å². The number of hydrogen-bond acceptors (Lipinski definition) is 6. The van der Waals surface area contributed by atoms with Gasteiger partial charge < -0.3 is 20.3 Å². The molecule has 2 aliphatic heterocycles. The fraction of sp³-hybridized carbons (Fsp3) is 0.684. The zero-order chi connectivity index (χ0) is 18.9. The van der Waals surface area contributed by atoms with E-state index >= 15 is 0 Å². The summed E-state index contributed by atoms with van der Waals surface area (Å²) in [6.07, 6.45) is 6.26. The van der Waals surface area contributed by atoms with Crippen molar-refractivity contribution in [2.45, 2.75) is 50.7 Å². The second-order valence-electron chi connectivity index (χ2n) is 7.94. The molecule has 1 aliphatic carbocycles. The maximum Gasteiger partial charge on any atom is 0.246 e. The third-order valence-electron chi connectivity index (χ3n) is 5.95.